The van der Waals surface area contributed by atoms with E-state index in [0.29, 0.717) is 65.2 Å². The summed E-state index contributed by atoms with van der Waals surface area (Å²) in [5.74, 6) is -2.08. The molecule has 3 amide bonds. The Hall–Kier alpha value is -3.05. The van der Waals surface area contributed by atoms with E-state index in [-0.39, 0.29) is 30.2 Å². The van der Waals surface area contributed by atoms with Gasteiger partial charge in [-0.05, 0) is 37.7 Å². The van der Waals surface area contributed by atoms with Crippen molar-refractivity contribution in [3.8, 4) is 0 Å². The van der Waals surface area contributed by atoms with Crippen LogP contribution in [-0.2, 0) is 30.4 Å². The molecule has 1 aromatic carbocycles. The first-order valence-corrected chi connectivity index (χ1v) is 16.9. The van der Waals surface area contributed by atoms with Crippen LogP contribution in [0.15, 0.2) is 55.6 Å². The van der Waals surface area contributed by atoms with Crippen molar-refractivity contribution in [2.45, 2.75) is 69.9 Å². The van der Waals surface area contributed by atoms with Gasteiger partial charge < -0.3 is 29.3 Å². The predicted molar refractivity (Wildman–Crippen MR) is 175 cm³/mol. The number of rotatable bonds is 15. The molecule has 4 saturated heterocycles. The van der Waals surface area contributed by atoms with Gasteiger partial charge in [-0.25, -0.2) is 0 Å². The molecular weight excluding hydrogens is 584 g/mol. The number of hydrogen-bond acceptors (Lipinski definition) is 7. The number of carbonyl (C=O) groups is 3. The molecular formula is C36H52N4O6. The summed E-state index contributed by atoms with van der Waals surface area (Å²) >= 11 is 0. The zero-order valence-corrected chi connectivity index (χ0v) is 27.8. The molecule has 5 rings (SSSR count). The number of amides is 3. The van der Waals surface area contributed by atoms with Gasteiger partial charge in [0.2, 0.25) is 17.7 Å². The molecule has 4 heterocycles. The van der Waals surface area contributed by atoms with Crippen molar-refractivity contribution in [2.24, 2.45) is 17.8 Å². The van der Waals surface area contributed by atoms with E-state index in [4.69, 9.17) is 9.47 Å². The number of fused-ring (bicyclic) bond motifs is 1. The Balaban J connectivity index is 1.52. The largest absolute Gasteiger partial charge is 0.394 e. The molecule has 1 aromatic rings. The van der Waals surface area contributed by atoms with E-state index in [1.54, 1.807) is 26.9 Å². The van der Waals surface area contributed by atoms with Crippen LogP contribution in [0.3, 0.4) is 0 Å². The molecule has 1 N–H and O–H groups in total. The zero-order valence-electron chi connectivity index (χ0n) is 27.8. The maximum absolute atomic E-state index is 14.8. The number of aliphatic hydroxyl groups is 1. The second kappa shape index (κ2) is 14.4. The lowest BCUT2D eigenvalue weighted by Gasteiger charge is -2.40. The van der Waals surface area contributed by atoms with Gasteiger partial charge in [0.1, 0.15) is 11.6 Å². The lowest BCUT2D eigenvalue weighted by atomic mass is 9.66. The molecule has 4 fully saturated rings. The monoisotopic (exact) mass is 636 g/mol. The van der Waals surface area contributed by atoms with Gasteiger partial charge in [0.15, 0.2) is 0 Å². The number of carbonyl (C=O) groups excluding carboxylic acids is 3. The van der Waals surface area contributed by atoms with Crippen molar-refractivity contribution in [3.05, 3.63) is 61.2 Å². The quantitative estimate of drug-likeness (QED) is 0.296. The molecule has 6 atom stereocenters. The lowest BCUT2D eigenvalue weighted by Crippen LogP contribution is -2.59. The number of nitrogens with zero attached hydrogens (tertiary/aromatic N) is 4. The van der Waals surface area contributed by atoms with Gasteiger partial charge >= 0.3 is 0 Å². The van der Waals surface area contributed by atoms with Gasteiger partial charge in [0.25, 0.3) is 0 Å². The molecule has 10 nitrogen and oxygen atoms in total. The fourth-order valence-electron chi connectivity index (χ4n) is 8.33. The molecule has 0 saturated carbocycles. The molecule has 0 aliphatic carbocycles. The molecule has 10 heteroatoms. The molecule has 2 unspecified atom stereocenters. The Labute approximate surface area is 274 Å². The molecule has 4 aliphatic heterocycles. The summed E-state index contributed by atoms with van der Waals surface area (Å²) in [4.78, 5) is 51.6. The van der Waals surface area contributed by atoms with E-state index in [9.17, 15) is 19.5 Å². The smallest absolute Gasteiger partial charge is 0.248 e. The molecule has 1 spiro atoms. The lowest BCUT2D eigenvalue weighted by molar-refractivity contribution is -0.157. The van der Waals surface area contributed by atoms with E-state index in [1.807, 2.05) is 51.1 Å². The summed E-state index contributed by atoms with van der Waals surface area (Å²) in [6, 6.07) is 8.24. The molecule has 0 radical (unpaired) electrons. The first-order chi connectivity index (χ1) is 22.1. The molecule has 2 bridgehead atoms. The van der Waals surface area contributed by atoms with Crippen molar-refractivity contribution < 1.29 is 29.0 Å². The van der Waals surface area contributed by atoms with Crippen LogP contribution in [0.5, 0.6) is 0 Å². The summed E-state index contributed by atoms with van der Waals surface area (Å²) in [6.07, 6.45) is 4.98. The van der Waals surface area contributed by atoms with Crippen molar-refractivity contribution >= 4 is 17.7 Å². The normalized spacial score (nSPS) is 29.5. The molecule has 252 valence electrons. The Morgan fingerprint density at radius 1 is 1.07 bits per heavy atom. The summed E-state index contributed by atoms with van der Waals surface area (Å²) in [5, 5.41) is 10.7. The van der Waals surface area contributed by atoms with E-state index in [0.717, 1.165) is 18.7 Å². The highest BCUT2D eigenvalue weighted by molar-refractivity contribution is 5.99. The highest BCUT2D eigenvalue weighted by atomic mass is 16.5. The fourth-order valence-corrected chi connectivity index (χ4v) is 8.33. The standard InChI is InChI=1S/C36H52N4O6/c1-6-15-38(18-17-37-19-21-45-22-20-37)34(44)31-36-14-13-35(5,46-36)29(30(36)33(43)40(31)28(25-41)23-26(3)4)32(42)39(16-7-2)24-27-11-9-8-10-12-27/h6-12,26,28-31,41H,1-2,13-25H2,3-5H3/t28-,29-,30+,31?,35+,36?/m1/s1. The molecule has 46 heavy (non-hydrogen) atoms. The number of benzene rings is 1. The molecule has 0 aromatic heterocycles. The summed E-state index contributed by atoms with van der Waals surface area (Å²) in [6.45, 7) is 18.6. The van der Waals surface area contributed by atoms with Crippen LogP contribution < -0.4 is 0 Å². The number of likely N-dealkylation sites (tertiary alicyclic amines) is 1. The van der Waals surface area contributed by atoms with E-state index in [1.165, 1.54) is 0 Å². The van der Waals surface area contributed by atoms with Gasteiger partial charge in [-0.1, -0.05) is 56.3 Å². The van der Waals surface area contributed by atoms with Crippen LogP contribution in [-0.4, -0.2) is 125 Å². The van der Waals surface area contributed by atoms with Crippen LogP contribution in [0.2, 0.25) is 0 Å². The van der Waals surface area contributed by atoms with Crippen molar-refractivity contribution in [2.75, 3.05) is 59.1 Å². The van der Waals surface area contributed by atoms with Gasteiger partial charge in [-0.2, -0.15) is 0 Å². The van der Waals surface area contributed by atoms with Gasteiger partial charge in [0.05, 0.1) is 43.3 Å². The maximum atomic E-state index is 14.8. The second-order valence-electron chi connectivity index (χ2n) is 14.0. The van der Waals surface area contributed by atoms with Gasteiger partial charge in [0, 0.05) is 45.8 Å². The van der Waals surface area contributed by atoms with Crippen LogP contribution in [0.25, 0.3) is 0 Å². The summed E-state index contributed by atoms with van der Waals surface area (Å²) < 4.78 is 12.4. The molecule has 4 aliphatic rings. The SMILES string of the molecule is C=CCN(CCN1CCOCC1)C(=O)C1N([C@@H](CO)CC(C)C)C(=O)[C@@H]2[C@H](C(=O)N(CC=C)Cc3ccccc3)[C@]3(C)CCC12O3. The Morgan fingerprint density at radius 3 is 2.37 bits per heavy atom. The number of ether oxygens (including phenoxy) is 2. The third kappa shape index (κ3) is 6.41. The minimum Gasteiger partial charge on any atom is -0.394 e. The van der Waals surface area contributed by atoms with E-state index in [2.05, 4.69) is 18.1 Å². The topological polar surface area (TPSA) is 103 Å². The minimum atomic E-state index is -1.17. The highest BCUT2D eigenvalue weighted by Crippen LogP contribution is 2.64. The number of hydrogen-bond donors (Lipinski definition) is 1. The minimum absolute atomic E-state index is 0.168. The number of aliphatic hydroxyl groups excluding tert-OH is 1. The second-order valence-corrected chi connectivity index (χ2v) is 14.0. The Kier molecular flexibility index (Phi) is 10.7. The Morgan fingerprint density at radius 2 is 1.74 bits per heavy atom. The van der Waals surface area contributed by atoms with Crippen molar-refractivity contribution in [1.29, 1.82) is 0 Å². The average Bonchev–Trinajstić information content (AvgIpc) is 3.62. The predicted octanol–water partition coefficient (Wildman–Crippen LogP) is 2.72. The van der Waals surface area contributed by atoms with Crippen LogP contribution in [0.1, 0.15) is 45.6 Å². The maximum Gasteiger partial charge on any atom is 0.248 e. The number of morpholine rings is 1. The first-order valence-electron chi connectivity index (χ1n) is 16.9. The summed E-state index contributed by atoms with van der Waals surface area (Å²) in [7, 11) is 0. The van der Waals surface area contributed by atoms with E-state index < -0.39 is 35.1 Å². The van der Waals surface area contributed by atoms with E-state index >= 15 is 0 Å². The zero-order chi connectivity index (χ0) is 33.1. The van der Waals surface area contributed by atoms with Crippen molar-refractivity contribution in [1.82, 2.24) is 19.6 Å². The first kappa shape index (κ1) is 34.3. The Bertz CT molecular complexity index is 1270. The summed E-state index contributed by atoms with van der Waals surface area (Å²) in [5.41, 5.74) is -1.09. The van der Waals surface area contributed by atoms with Gasteiger partial charge in [-0.15, -0.1) is 13.2 Å². The fraction of sp³-hybridized carbons (Fsp3) is 0.639. The third-order valence-corrected chi connectivity index (χ3v) is 10.4. The highest BCUT2D eigenvalue weighted by Gasteiger charge is 2.78. The van der Waals surface area contributed by atoms with Crippen LogP contribution >= 0.6 is 0 Å². The van der Waals surface area contributed by atoms with Crippen LogP contribution in [0.4, 0.5) is 0 Å². The van der Waals surface area contributed by atoms with Crippen molar-refractivity contribution in [3.63, 3.8) is 0 Å². The van der Waals surface area contributed by atoms with Gasteiger partial charge in [-0.3, -0.25) is 19.3 Å². The third-order valence-electron chi connectivity index (χ3n) is 10.4. The van der Waals surface area contributed by atoms with Crippen LogP contribution in [0, 0.1) is 17.8 Å². The average molecular weight is 637 g/mol.